The van der Waals surface area contributed by atoms with Gasteiger partial charge in [-0.15, -0.1) is 0 Å². The standard InChI is InChI=1S/C20H17NO5S/c1-11-6-13(8-17-19(11)26-10-25-17)18-15(9-27-21-18)12-4-5-16(23-2)14(7-12)20(22)24-3/h4-9H,10H2,1-3H3. The molecule has 0 amide bonds. The number of carbonyl (C=O) groups is 1. The average Bonchev–Trinajstić information content (AvgIpc) is 3.36. The van der Waals surface area contributed by atoms with E-state index in [0.717, 1.165) is 33.7 Å². The van der Waals surface area contributed by atoms with E-state index in [1.165, 1.54) is 25.8 Å². The fourth-order valence-corrected chi connectivity index (χ4v) is 3.83. The van der Waals surface area contributed by atoms with Crippen molar-refractivity contribution < 1.29 is 23.7 Å². The second-order valence-corrected chi connectivity index (χ2v) is 6.64. The summed E-state index contributed by atoms with van der Waals surface area (Å²) >= 11 is 1.36. The van der Waals surface area contributed by atoms with E-state index < -0.39 is 5.97 Å². The average molecular weight is 383 g/mol. The second-order valence-electron chi connectivity index (χ2n) is 6.01. The first-order chi connectivity index (χ1) is 13.1. The highest BCUT2D eigenvalue weighted by atomic mass is 32.1. The monoisotopic (exact) mass is 383 g/mol. The number of esters is 1. The lowest BCUT2D eigenvalue weighted by Gasteiger charge is -2.10. The van der Waals surface area contributed by atoms with Crippen LogP contribution in [0, 0.1) is 6.92 Å². The lowest BCUT2D eigenvalue weighted by atomic mass is 9.98. The van der Waals surface area contributed by atoms with Crippen LogP contribution >= 0.6 is 11.5 Å². The molecular formula is C20H17NO5S. The van der Waals surface area contributed by atoms with Crippen molar-refractivity contribution in [1.82, 2.24) is 4.37 Å². The van der Waals surface area contributed by atoms with Gasteiger partial charge in [0.25, 0.3) is 0 Å². The lowest BCUT2D eigenvalue weighted by Crippen LogP contribution is -2.04. The highest BCUT2D eigenvalue weighted by molar-refractivity contribution is 7.04. The van der Waals surface area contributed by atoms with Gasteiger partial charge in [-0.2, -0.15) is 4.37 Å². The van der Waals surface area contributed by atoms with Crippen LogP contribution in [0.1, 0.15) is 15.9 Å². The summed E-state index contributed by atoms with van der Waals surface area (Å²) in [5.41, 5.74) is 4.90. The molecule has 0 N–H and O–H groups in total. The maximum atomic E-state index is 12.1. The van der Waals surface area contributed by atoms with Crippen LogP contribution in [0.2, 0.25) is 0 Å². The van der Waals surface area contributed by atoms with Crippen molar-refractivity contribution in [2.45, 2.75) is 6.92 Å². The van der Waals surface area contributed by atoms with Crippen LogP contribution in [0.25, 0.3) is 22.4 Å². The summed E-state index contributed by atoms with van der Waals surface area (Å²) in [4.78, 5) is 12.1. The largest absolute Gasteiger partial charge is 0.496 e. The minimum atomic E-state index is -0.447. The predicted molar refractivity (Wildman–Crippen MR) is 102 cm³/mol. The SMILES string of the molecule is COC(=O)c1cc(-c2csnc2-c2cc(C)c3c(c2)OCO3)ccc1OC. The Hall–Kier alpha value is -3.06. The van der Waals surface area contributed by atoms with E-state index in [1.54, 1.807) is 12.1 Å². The molecule has 0 spiro atoms. The molecule has 6 nitrogen and oxygen atoms in total. The van der Waals surface area contributed by atoms with E-state index in [1.807, 2.05) is 30.5 Å². The Labute approximate surface area is 160 Å². The fourth-order valence-electron chi connectivity index (χ4n) is 3.12. The summed E-state index contributed by atoms with van der Waals surface area (Å²) in [6, 6.07) is 9.37. The summed E-state index contributed by atoms with van der Waals surface area (Å²) in [6.45, 7) is 2.20. The van der Waals surface area contributed by atoms with Gasteiger partial charge in [0.2, 0.25) is 6.79 Å². The van der Waals surface area contributed by atoms with Crippen LogP contribution in [0.5, 0.6) is 17.2 Å². The van der Waals surface area contributed by atoms with E-state index >= 15 is 0 Å². The van der Waals surface area contributed by atoms with Crippen molar-refractivity contribution in [2.24, 2.45) is 0 Å². The van der Waals surface area contributed by atoms with Gasteiger partial charge in [0.15, 0.2) is 11.5 Å². The zero-order chi connectivity index (χ0) is 19.0. The predicted octanol–water partition coefficient (Wildman–Crippen LogP) is 4.31. The van der Waals surface area contributed by atoms with Crippen molar-refractivity contribution in [1.29, 1.82) is 0 Å². The lowest BCUT2D eigenvalue weighted by molar-refractivity contribution is 0.0597. The number of fused-ring (bicyclic) bond motifs is 1. The molecule has 138 valence electrons. The normalized spacial score (nSPS) is 12.1. The molecule has 1 aromatic heterocycles. The van der Waals surface area contributed by atoms with Crippen LogP contribution in [0.4, 0.5) is 0 Å². The number of aryl methyl sites for hydroxylation is 1. The highest BCUT2D eigenvalue weighted by Crippen LogP contribution is 2.42. The molecular weight excluding hydrogens is 366 g/mol. The molecule has 1 aliphatic rings. The summed E-state index contributed by atoms with van der Waals surface area (Å²) in [5.74, 6) is 1.51. The van der Waals surface area contributed by atoms with Crippen molar-refractivity contribution in [2.75, 3.05) is 21.0 Å². The van der Waals surface area contributed by atoms with Crippen LogP contribution in [0.15, 0.2) is 35.7 Å². The fraction of sp³-hybridized carbons (Fsp3) is 0.200. The minimum Gasteiger partial charge on any atom is -0.496 e. The Kier molecular flexibility index (Phi) is 4.45. The zero-order valence-corrected chi connectivity index (χ0v) is 15.9. The van der Waals surface area contributed by atoms with Gasteiger partial charge in [0, 0.05) is 16.5 Å². The van der Waals surface area contributed by atoms with Gasteiger partial charge in [0.1, 0.15) is 11.3 Å². The molecule has 0 saturated heterocycles. The topological polar surface area (TPSA) is 66.9 Å². The van der Waals surface area contributed by atoms with Gasteiger partial charge in [-0.05, 0) is 53.8 Å². The molecule has 0 aliphatic carbocycles. The van der Waals surface area contributed by atoms with Crippen molar-refractivity contribution in [3.63, 3.8) is 0 Å². The molecule has 0 bridgehead atoms. The van der Waals surface area contributed by atoms with Crippen LogP contribution < -0.4 is 14.2 Å². The molecule has 4 rings (SSSR count). The Morgan fingerprint density at radius 1 is 1.15 bits per heavy atom. The third kappa shape index (κ3) is 3.00. The van der Waals surface area contributed by atoms with Crippen molar-refractivity contribution >= 4 is 17.5 Å². The van der Waals surface area contributed by atoms with Crippen molar-refractivity contribution in [3.8, 4) is 39.6 Å². The van der Waals surface area contributed by atoms with Gasteiger partial charge in [-0.3, -0.25) is 0 Å². The van der Waals surface area contributed by atoms with Crippen LogP contribution in [-0.2, 0) is 4.74 Å². The number of rotatable bonds is 4. The number of methoxy groups -OCH3 is 2. The number of hydrogen-bond donors (Lipinski definition) is 0. The third-order valence-electron chi connectivity index (χ3n) is 4.42. The molecule has 7 heteroatoms. The van der Waals surface area contributed by atoms with Crippen molar-refractivity contribution in [3.05, 3.63) is 46.8 Å². The Morgan fingerprint density at radius 3 is 2.78 bits per heavy atom. The number of carbonyl (C=O) groups excluding carboxylic acids is 1. The molecule has 0 atom stereocenters. The quantitative estimate of drug-likeness (QED) is 0.626. The molecule has 0 fully saturated rings. The molecule has 3 aromatic rings. The van der Waals surface area contributed by atoms with E-state index in [4.69, 9.17) is 18.9 Å². The number of benzene rings is 2. The van der Waals surface area contributed by atoms with Gasteiger partial charge >= 0.3 is 5.97 Å². The summed E-state index contributed by atoms with van der Waals surface area (Å²) in [5, 5.41) is 1.96. The molecule has 0 saturated carbocycles. The van der Waals surface area contributed by atoms with E-state index in [0.29, 0.717) is 17.1 Å². The number of ether oxygens (including phenoxy) is 4. The molecule has 0 radical (unpaired) electrons. The summed E-state index contributed by atoms with van der Waals surface area (Å²) < 4.78 is 25.7. The van der Waals surface area contributed by atoms with Crippen LogP contribution in [0.3, 0.4) is 0 Å². The number of aromatic nitrogens is 1. The first-order valence-corrected chi connectivity index (χ1v) is 9.07. The Balaban J connectivity index is 1.81. The third-order valence-corrected chi connectivity index (χ3v) is 5.05. The number of hydrogen-bond acceptors (Lipinski definition) is 7. The zero-order valence-electron chi connectivity index (χ0n) is 15.1. The Morgan fingerprint density at radius 2 is 2.00 bits per heavy atom. The first-order valence-electron chi connectivity index (χ1n) is 8.24. The van der Waals surface area contributed by atoms with Gasteiger partial charge in [0.05, 0.1) is 19.9 Å². The molecule has 2 aromatic carbocycles. The van der Waals surface area contributed by atoms with E-state index in [9.17, 15) is 4.79 Å². The molecule has 0 unspecified atom stereocenters. The van der Waals surface area contributed by atoms with Crippen LogP contribution in [-0.4, -0.2) is 31.4 Å². The van der Waals surface area contributed by atoms with Gasteiger partial charge < -0.3 is 18.9 Å². The molecule has 1 aliphatic heterocycles. The second kappa shape index (κ2) is 6.92. The Bertz CT molecular complexity index is 1030. The minimum absolute atomic E-state index is 0.227. The van der Waals surface area contributed by atoms with E-state index in [2.05, 4.69) is 4.37 Å². The summed E-state index contributed by atoms with van der Waals surface area (Å²) in [7, 11) is 2.87. The maximum Gasteiger partial charge on any atom is 0.341 e. The molecule has 2 heterocycles. The maximum absolute atomic E-state index is 12.1. The highest BCUT2D eigenvalue weighted by Gasteiger charge is 2.21. The first kappa shape index (κ1) is 17.4. The van der Waals surface area contributed by atoms with E-state index in [-0.39, 0.29) is 6.79 Å². The van der Waals surface area contributed by atoms with Gasteiger partial charge in [-0.1, -0.05) is 6.07 Å². The van der Waals surface area contributed by atoms with Gasteiger partial charge in [-0.25, -0.2) is 4.79 Å². The smallest absolute Gasteiger partial charge is 0.341 e. The summed E-state index contributed by atoms with van der Waals surface area (Å²) in [6.07, 6.45) is 0. The number of nitrogens with zero attached hydrogens (tertiary/aromatic N) is 1. The molecule has 27 heavy (non-hydrogen) atoms.